The lowest BCUT2D eigenvalue weighted by Crippen LogP contribution is -2.44. The average Bonchev–Trinajstić information content (AvgIpc) is 1.76. The van der Waals surface area contributed by atoms with Crippen LogP contribution in [0.15, 0.2) is 114 Å². The van der Waals surface area contributed by atoms with Gasteiger partial charge in [0.2, 0.25) is 7.34 Å². The lowest BCUT2D eigenvalue weighted by molar-refractivity contribution is -0.122. The number of allylic oxidation sites excluding steroid dienone is 3. The van der Waals surface area contributed by atoms with Gasteiger partial charge < -0.3 is 62.0 Å². The topological polar surface area (TPSA) is 360 Å². The largest absolute Gasteiger partial charge is 0.450 e. The average molecular weight is 1930 g/mol. The van der Waals surface area contributed by atoms with Crippen LogP contribution in [-0.4, -0.2) is 402 Å². The van der Waals surface area contributed by atoms with E-state index >= 15 is 0 Å². The molecule has 1 aromatic heterocycles. The molecular formula is C73H130B3I3N22O8P2. The van der Waals surface area contributed by atoms with E-state index in [1.165, 1.54) is 30.0 Å². The number of β-amino-alcohol motifs (C(OH)–C–C–N with tert-alkyl or cyclic N) is 4. The first-order chi connectivity index (χ1) is 56.1. The molecule has 0 aliphatic carbocycles. The highest BCUT2D eigenvalue weighted by atomic mass is 127. The number of hydrogen-bond acceptors (Lipinski definition) is 28. The van der Waals surface area contributed by atoms with Crippen LogP contribution in [0.5, 0.6) is 0 Å². The van der Waals surface area contributed by atoms with Crippen molar-refractivity contribution >= 4 is 147 Å². The van der Waals surface area contributed by atoms with Gasteiger partial charge in [-0.2, -0.15) is 27.5 Å². The molecule has 1 amide bonds. The summed E-state index contributed by atoms with van der Waals surface area (Å²) in [4.78, 5) is 65.6. The molecule has 5 unspecified atom stereocenters. The number of carbonyl (C=O) groups excluding carboxylic acids is 1. The van der Waals surface area contributed by atoms with Gasteiger partial charge in [0.25, 0.3) is 0 Å². The normalized spacial score (nSPS) is 23.2. The van der Waals surface area contributed by atoms with E-state index in [9.17, 15) is 25.2 Å². The van der Waals surface area contributed by atoms with E-state index in [4.69, 9.17) is 6.91 Å². The van der Waals surface area contributed by atoms with Gasteiger partial charge >= 0.3 is 12.0 Å². The molecule has 620 valence electrons. The summed E-state index contributed by atoms with van der Waals surface area (Å²) < 4.78 is 30.6. The van der Waals surface area contributed by atoms with Crippen LogP contribution >= 0.6 is 82.3 Å². The van der Waals surface area contributed by atoms with Crippen LogP contribution in [0.2, 0.25) is 6.82 Å². The first-order valence-corrected chi connectivity index (χ1v) is 45.6. The Kier molecular flexibility index (Phi) is 52.6. The molecule has 9 aliphatic heterocycles. The molecule has 10 heterocycles. The molecule has 4 saturated heterocycles. The number of aromatic amines is 1. The van der Waals surface area contributed by atoms with Crippen LogP contribution in [0, 0.1) is 0 Å². The molecule has 111 heavy (non-hydrogen) atoms. The third kappa shape index (κ3) is 50.0. The van der Waals surface area contributed by atoms with Crippen molar-refractivity contribution in [2.75, 3.05) is 203 Å². The predicted molar refractivity (Wildman–Crippen MR) is 493 cm³/mol. The molecule has 4 fully saturated rings. The smallest absolute Gasteiger partial charge is 0.359 e. The first-order valence-electron chi connectivity index (χ1n) is 41.1. The van der Waals surface area contributed by atoms with Crippen molar-refractivity contribution in [2.45, 2.75) is 122 Å². The zero-order valence-electron chi connectivity index (χ0n) is 71.0. The third-order valence-electron chi connectivity index (χ3n) is 18.4. The SMILES string of the molecule is C1=CN=C(CC2CNCCN(CC3=NCC=N3)CCN2)C1.C[C@H](O)CN1CCN(CC(=O)NCc2ccccc2)CCN(C[C@H](C)O)CC1.C[C@H](O)CN1CCN(CC2=NCC=N2)CCNC(CC2=NC=CC2)C1.C[C@H](O)CN1CCN(Cc2ccn[nH]2)CCNC(CC2=NCC=C2)C1.[2H]P(I)O[3H].[3H]OB(C)I.[3H]O[B]P.[3H][B]I. The Balaban J connectivity index is 0.000000305. The van der Waals surface area contributed by atoms with Crippen molar-refractivity contribution in [1.29, 1.82) is 6.91 Å². The number of carbonyl (C=O) groups is 1. The molecule has 11 rings (SSSR count). The minimum atomic E-state index is -1.21. The molecule has 0 saturated carbocycles. The van der Waals surface area contributed by atoms with Gasteiger partial charge in [-0.05, 0) is 75.6 Å². The highest BCUT2D eigenvalue weighted by Gasteiger charge is 2.26. The Morgan fingerprint density at radius 2 is 1.14 bits per heavy atom. The number of aliphatic hydroxyl groups is 4. The van der Waals surface area contributed by atoms with Crippen molar-refractivity contribution in [1.82, 2.24) is 76.0 Å². The molecule has 0 spiro atoms. The fourth-order valence-electron chi connectivity index (χ4n) is 13.5. The molecule has 30 nitrogen and oxygen atoms in total. The molecule has 9 atom stereocenters. The first kappa shape index (κ1) is 92.2. The summed E-state index contributed by atoms with van der Waals surface area (Å²) in [6.07, 6.45) is 20.2. The summed E-state index contributed by atoms with van der Waals surface area (Å²) in [6.45, 7) is 37.2. The monoisotopic (exact) mass is 1930 g/mol. The Labute approximate surface area is 715 Å². The molecular weight excluding hydrogens is 1790 g/mol. The van der Waals surface area contributed by atoms with Gasteiger partial charge in [-0.25, -0.2) is 9.98 Å². The van der Waals surface area contributed by atoms with E-state index in [1.807, 2.05) is 120 Å². The quantitative estimate of drug-likeness (QED) is 0.0343. The van der Waals surface area contributed by atoms with Crippen LogP contribution in [0.1, 0.15) is 71.1 Å². The minimum absolute atomic E-state index is 0.0206. The minimum Gasteiger partial charge on any atom is -0.450 e. The van der Waals surface area contributed by atoms with Crippen molar-refractivity contribution in [2.24, 2.45) is 34.9 Å². The number of halogens is 3. The van der Waals surface area contributed by atoms with E-state index in [-0.39, 0.29) is 35.1 Å². The number of rotatable bonds is 27. The lowest BCUT2D eigenvalue weighted by Gasteiger charge is -2.28. The fraction of sp³-hybridized carbons (Fsp3) is 0.685. The van der Waals surface area contributed by atoms with Gasteiger partial charge in [0.1, 0.15) is 11.7 Å². The Hall–Kier alpha value is -2.71. The molecule has 1 aromatic carbocycles. The number of nitrogens with zero attached hydrogens (tertiary/aromatic N) is 16. The molecule has 38 heteroatoms. The maximum absolute atomic E-state index is 12.4. The number of benzene rings is 1. The number of amidine groups is 2. The summed E-state index contributed by atoms with van der Waals surface area (Å²) in [5.74, 6) is 1.92. The number of amides is 1. The second kappa shape index (κ2) is 63.4. The fourth-order valence-corrected chi connectivity index (χ4v) is 13.5. The number of nitrogens with one attached hydrogen (secondary N) is 6. The number of aliphatic hydroxyl groups excluding tert-OH is 4. The van der Waals surface area contributed by atoms with Crippen LogP contribution < -0.4 is 26.6 Å². The molecule has 9 aliphatic rings. The van der Waals surface area contributed by atoms with Gasteiger partial charge in [-0.1, -0.05) is 48.6 Å². The zero-order chi connectivity index (χ0) is 84.3. The van der Waals surface area contributed by atoms with Crippen LogP contribution in [0.3, 0.4) is 0 Å². The summed E-state index contributed by atoms with van der Waals surface area (Å²) >= 11 is 5.55. The van der Waals surface area contributed by atoms with E-state index < -0.39 is 6.40 Å². The lowest BCUT2D eigenvalue weighted by atomic mass is 10.1. The molecule has 2 aromatic rings. The maximum Gasteiger partial charge on any atom is 0.359 e. The van der Waals surface area contributed by atoms with Gasteiger partial charge in [-0.3, -0.25) is 74.1 Å². The second-order valence-corrected chi connectivity index (χ2v) is 31.8. The van der Waals surface area contributed by atoms with Crippen molar-refractivity contribution < 1.29 is 40.2 Å². The summed E-state index contributed by atoms with van der Waals surface area (Å²) in [5.41, 5.74) is 7.18. The van der Waals surface area contributed by atoms with Crippen molar-refractivity contribution in [3.8, 4) is 0 Å². The van der Waals surface area contributed by atoms with Gasteiger partial charge in [0, 0.05) is 281 Å². The second-order valence-electron chi connectivity index (χ2n) is 28.4. The van der Waals surface area contributed by atoms with Gasteiger partial charge in [0.15, 0.2) is 8.53 Å². The van der Waals surface area contributed by atoms with Gasteiger partial charge in [-0.15, -0.1) is 31.5 Å². The van der Waals surface area contributed by atoms with Gasteiger partial charge in [0.05, 0.1) is 71.4 Å². The summed E-state index contributed by atoms with van der Waals surface area (Å²) in [5, 5.41) is 71.5. The molecule has 2 radical (unpaired) electrons. The van der Waals surface area contributed by atoms with Crippen molar-refractivity contribution in [3.05, 3.63) is 90.6 Å². The highest BCUT2D eigenvalue weighted by Crippen LogP contribution is 2.14. The third-order valence-corrected chi connectivity index (χ3v) is 18.4. The van der Waals surface area contributed by atoms with Crippen LogP contribution in [0.4, 0.5) is 0 Å². The number of hydrogen-bond donors (Lipinski definition) is 13. The Bertz CT molecular complexity index is 3190. The van der Waals surface area contributed by atoms with Crippen LogP contribution in [-0.2, 0) is 17.9 Å². The Morgan fingerprint density at radius 3 is 1.58 bits per heavy atom. The summed E-state index contributed by atoms with van der Waals surface area (Å²) in [6, 6.07) is 13.2. The van der Waals surface area contributed by atoms with Crippen LogP contribution in [0.25, 0.3) is 0 Å². The van der Waals surface area contributed by atoms with E-state index in [2.05, 4.69) is 159 Å². The van der Waals surface area contributed by atoms with E-state index in [0.717, 1.165) is 225 Å². The maximum atomic E-state index is 12.4. The highest BCUT2D eigenvalue weighted by molar-refractivity contribution is 14.2. The zero-order valence-corrected chi connectivity index (χ0v) is 74.6. The standard InChI is InChI=1S/C21H36N4O3.2C18H30N6O.C15H24N6.CH4BIO.BHI.BH3OP.H2IOP/c1-18(26)15-23-8-9-24(16-19(2)27)11-13-25(12-10-23)17-21(28)22-14-20-6-4-3-5-7-20;1-15(25)12-24-10-9-23(13-17-4-6-21-22-17)8-7-20-18(14-24)11-16-3-2-5-19-16;1-15(25)12-24-10-9-23(14-18-21-5-6-22-18)8-7-20-17(13-24)11-16-3-2-4-19-16;1-2-13(17-3-1)10-14-11-16-6-8-21(9-7-18-14)12-15-19-4-5-20-15;1-2(3)4;1-2;2-1-3;1-3-2/h3-7,18-19,26-27H,8-17H2,1-2H3,(H,22,28);2-4,6,15,18,20,25H,5,7-14H2,1H3,(H,21,22);2,4-5,15,17,20,25H,3,6-14H2,1H3;1,3-4,14,16,18H,2,5-12H2;4H,1H3;1H;2H,3H2;2-3H/t18-,19-;15-,18?;15-,17?;;;;;/m000...../s1/i;;;;4T;1T;2T;2T,3D. The number of H-pyrrole nitrogens is 1. The molecule has 13 N–H and O–H groups in total. The number of aromatic nitrogens is 2. The Morgan fingerprint density at radius 1 is 0.676 bits per heavy atom. The van der Waals surface area contributed by atoms with E-state index in [1.54, 1.807) is 48.9 Å². The molecule has 0 bridgehead atoms. The number of aliphatic imine (C=N–C) groups is 7. The van der Waals surface area contributed by atoms with E-state index in [0.29, 0.717) is 63.9 Å². The van der Waals surface area contributed by atoms with Crippen molar-refractivity contribution in [3.63, 3.8) is 0 Å². The summed E-state index contributed by atoms with van der Waals surface area (Å²) in [7, 11) is 3.33. The predicted octanol–water partition coefficient (Wildman–Crippen LogP) is 1.59.